The molecular weight excluding hydrogens is 257 g/mol. The van der Waals surface area contributed by atoms with Gasteiger partial charge in [-0.3, -0.25) is 9.05 Å². The van der Waals surface area contributed by atoms with Crippen LogP contribution in [0.15, 0.2) is 0 Å². The lowest BCUT2D eigenvalue weighted by Crippen LogP contribution is -2.37. The van der Waals surface area contributed by atoms with Crippen LogP contribution in [0.3, 0.4) is 0 Å². The first-order valence-electron chi connectivity index (χ1n) is 6.12. The predicted molar refractivity (Wildman–Crippen MR) is 70.3 cm³/mol. The molecule has 18 heavy (non-hydrogen) atoms. The monoisotopic (exact) mass is 284 g/mol. The summed E-state index contributed by atoms with van der Waals surface area (Å²) in [5.74, 6) is 0.437. The summed E-state index contributed by atoms with van der Waals surface area (Å²) in [4.78, 5) is 9.37. The SMILES string of the molecule is CC(C)COCCOP(=O)(O)OCC[N+](C)(C)C. The lowest BCUT2D eigenvalue weighted by Gasteiger charge is -2.24. The fraction of sp³-hybridized carbons (Fsp3) is 1.00. The van der Waals surface area contributed by atoms with Crippen molar-refractivity contribution >= 4 is 7.82 Å². The van der Waals surface area contributed by atoms with E-state index in [-0.39, 0.29) is 13.2 Å². The van der Waals surface area contributed by atoms with E-state index in [9.17, 15) is 9.46 Å². The molecule has 0 rings (SSSR count). The molecule has 1 N–H and O–H groups in total. The normalized spacial score (nSPS) is 15.9. The molecule has 7 heteroatoms. The van der Waals surface area contributed by atoms with Crippen LogP contribution in [0.25, 0.3) is 0 Å². The third-order valence-electron chi connectivity index (χ3n) is 1.95. The van der Waals surface area contributed by atoms with Gasteiger partial charge in [0, 0.05) is 6.61 Å². The van der Waals surface area contributed by atoms with Crippen molar-refractivity contribution < 1.29 is 27.7 Å². The highest BCUT2D eigenvalue weighted by atomic mass is 31.2. The molecule has 0 amide bonds. The summed E-state index contributed by atoms with van der Waals surface area (Å²) < 4.78 is 27.0. The van der Waals surface area contributed by atoms with Crippen LogP contribution in [0.1, 0.15) is 13.8 Å². The summed E-state index contributed by atoms with van der Waals surface area (Å²) >= 11 is 0. The summed E-state index contributed by atoms with van der Waals surface area (Å²) in [7, 11) is 2.00. The number of nitrogens with zero attached hydrogens (tertiary/aromatic N) is 1. The van der Waals surface area contributed by atoms with Gasteiger partial charge in [0.1, 0.15) is 13.2 Å². The Kier molecular flexibility index (Phi) is 8.26. The Balaban J connectivity index is 3.64. The lowest BCUT2D eigenvalue weighted by atomic mass is 10.2. The molecule has 6 nitrogen and oxygen atoms in total. The molecule has 0 aliphatic rings. The fourth-order valence-electron chi connectivity index (χ4n) is 0.998. The van der Waals surface area contributed by atoms with Gasteiger partial charge >= 0.3 is 7.82 Å². The molecular formula is C11H27NO5P+. The van der Waals surface area contributed by atoms with Crippen LogP contribution in [-0.2, 0) is 18.3 Å². The van der Waals surface area contributed by atoms with E-state index < -0.39 is 7.82 Å². The van der Waals surface area contributed by atoms with Crippen molar-refractivity contribution in [2.45, 2.75) is 13.8 Å². The third kappa shape index (κ3) is 12.5. The second kappa shape index (κ2) is 8.25. The van der Waals surface area contributed by atoms with E-state index in [0.29, 0.717) is 30.2 Å². The highest BCUT2D eigenvalue weighted by molar-refractivity contribution is 7.47. The van der Waals surface area contributed by atoms with Crippen LogP contribution in [0.4, 0.5) is 0 Å². The second-order valence-corrected chi connectivity index (χ2v) is 7.07. The quantitative estimate of drug-likeness (QED) is 0.374. The van der Waals surface area contributed by atoms with Crippen molar-refractivity contribution in [3.63, 3.8) is 0 Å². The molecule has 0 aliphatic carbocycles. The van der Waals surface area contributed by atoms with Crippen molar-refractivity contribution in [1.82, 2.24) is 0 Å². The lowest BCUT2D eigenvalue weighted by molar-refractivity contribution is -0.870. The molecule has 0 heterocycles. The number of phosphoric ester groups is 1. The zero-order valence-electron chi connectivity index (χ0n) is 12.1. The van der Waals surface area contributed by atoms with Gasteiger partial charge in [-0.25, -0.2) is 4.57 Å². The Morgan fingerprint density at radius 3 is 2.17 bits per heavy atom. The van der Waals surface area contributed by atoms with E-state index >= 15 is 0 Å². The molecule has 0 spiro atoms. The highest BCUT2D eigenvalue weighted by Crippen LogP contribution is 2.42. The van der Waals surface area contributed by atoms with Gasteiger partial charge in [0.2, 0.25) is 0 Å². The maximum atomic E-state index is 11.4. The Morgan fingerprint density at radius 1 is 1.11 bits per heavy atom. The van der Waals surface area contributed by atoms with Crippen LogP contribution in [0.2, 0.25) is 0 Å². The van der Waals surface area contributed by atoms with Gasteiger partial charge in [-0.2, -0.15) is 0 Å². The van der Waals surface area contributed by atoms with Gasteiger partial charge < -0.3 is 14.1 Å². The number of quaternary nitrogens is 1. The van der Waals surface area contributed by atoms with Gasteiger partial charge in [0.15, 0.2) is 0 Å². The largest absolute Gasteiger partial charge is 0.472 e. The molecule has 0 aromatic rings. The van der Waals surface area contributed by atoms with Crippen molar-refractivity contribution in [2.24, 2.45) is 5.92 Å². The average Bonchev–Trinajstić information content (AvgIpc) is 2.13. The first kappa shape index (κ1) is 18.0. The number of hydrogen-bond donors (Lipinski definition) is 1. The van der Waals surface area contributed by atoms with E-state index in [1.54, 1.807) is 0 Å². The Labute approximate surface area is 110 Å². The average molecular weight is 284 g/mol. The van der Waals surface area contributed by atoms with Crippen molar-refractivity contribution in [2.75, 3.05) is 54.1 Å². The van der Waals surface area contributed by atoms with Gasteiger partial charge in [-0.1, -0.05) is 13.8 Å². The van der Waals surface area contributed by atoms with Crippen LogP contribution in [-0.4, -0.2) is 63.5 Å². The molecule has 0 bridgehead atoms. The van der Waals surface area contributed by atoms with Crippen LogP contribution < -0.4 is 0 Å². The number of rotatable bonds is 10. The Hall–Kier alpha value is 0.0300. The Bertz CT molecular complexity index is 265. The maximum absolute atomic E-state index is 11.4. The summed E-state index contributed by atoms with van der Waals surface area (Å²) in [6.07, 6.45) is 0. The number of phosphoric acid groups is 1. The van der Waals surface area contributed by atoms with E-state index in [0.717, 1.165) is 0 Å². The summed E-state index contributed by atoms with van der Waals surface area (Å²) in [6, 6.07) is 0. The number of hydrogen-bond acceptors (Lipinski definition) is 4. The zero-order chi connectivity index (χ0) is 14.2. The first-order valence-corrected chi connectivity index (χ1v) is 7.62. The summed E-state index contributed by atoms with van der Waals surface area (Å²) in [5, 5.41) is 0. The molecule has 0 saturated heterocycles. The molecule has 0 radical (unpaired) electrons. The molecule has 0 aliphatic heterocycles. The molecule has 0 fully saturated rings. The molecule has 1 unspecified atom stereocenters. The van der Waals surface area contributed by atoms with Gasteiger partial charge in [-0.05, 0) is 5.92 Å². The molecule has 0 saturated carbocycles. The molecule has 1 atom stereocenters. The predicted octanol–water partition coefficient (Wildman–Crippen LogP) is 1.50. The van der Waals surface area contributed by atoms with Crippen LogP contribution in [0.5, 0.6) is 0 Å². The van der Waals surface area contributed by atoms with Crippen LogP contribution >= 0.6 is 7.82 Å². The van der Waals surface area contributed by atoms with Gasteiger partial charge in [0.05, 0.1) is 34.4 Å². The highest BCUT2D eigenvalue weighted by Gasteiger charge is 2.22. The minimum atomic E-state index is -3.93. The van der Waals surface area contributed by atoms with Crippen LogP contribution in [0, 0.1) is 5.92 Å². The molecule has 0 aromatic carbocycles. The van der Waals surface area contributed by atoms with Crippen molar-refractivity contribution in [3.8, 4) is 0 Å². The zero-order valence-corrected chi connectivity index (χ0v) is 13.0. The summed E-state index contributed by atoms with van der Waals surface area (Å²) in [5.41, 5.74) is 0. The third-order valence-corrected chi connectivity index (χ3v) is 2.97. The standard InChI is InChI=1S/C11H26NO5P/c1-11(2)10-15-8-9-17-18(13,14)16-7-6-12(3,4)5/h11H,6-10H2,1-5H3/p+1. The molecule has 110 valence electrons. The van der Waals surface area contributed by atoms with Gasteiger partial charge in [-0.15, -0.1) is 0 Å². The maximum Gasteiger partial charge on any atom is 0.472 e. The van der Waals surface area contributed by atoms with E-state index in [1.165, 1.54) is 0 Å². The van der Waals surface area contributed by atoms with Crippen molar-refractivity contribution in [1.29, 1.82) is 0 Å². The number of ether oxygens (including phenoxy) is 1. The topological polar surface area (TPSA) is 65.0 Å². The molecule has 0 aromatic heterocycles. The van der Waals surface area contributed by atoms with E-state index in [1.807, 2.05) is 35.0 Å². The van der Waals surface area contributed by atoms with Crippen molar-refractivity contribution in [3.05, 3.63) is 0 Å². The van der Waals surface area contributed by atoms with E-state index in [4.69, 9.17) is 13.8 Å². The minimum Gasteiger partial charge on any atom is -0.379 e. The fourth-order valence-corrected chi connectivity index (χ4v) is 1.69. The smallest absolute Gasteiger partial charge is 0.379 e. The van der Waals surface area contributed by atoms with Gasteiger partial charge in [0.25, 0.3) is 0 Å². The van der Waals surface area contributed by atoms with E-state index in [2.05, 4.69) is 0 Å². The first-order chi connectivity index (χ1) is 8.12. The second-order valence-electron chi connectivity index (χ2n) is 5.62. The Morgan fingerprint density at radius 2 is 1.67 bits per heavy atom. The summed E-state index contributed by atoms with van der Waals surface area (Å²) in [6.45, 7) is 5.85. The minimum absolute atomic E-state index is 0.0604. The number of likely N-dealkylation sites (N-methyl/N-ethyl adjacent to an activating group) is 1.